The average Bonchev–Trinajstić information content (AvgIpc) is 3.29. The summed E-state index contributed by atoms with van der Waals surface area (Å²) in [5.41, 5.74) is 1.78. The molecule has 2 N–H and O–H groups in total. The molecule has 0 aromatic heterocycles. The molecule has 0 unspecified atom stereocenters. The number of fused-ring (bicyclic) bond motifs is 1. The van der Waals surface area contributed by atoms with E-state index in [9.17, 15) is 13.2 Å². The second-order valence-electron chi connectivity index (χ2n) is 7.94. The normalized spacial score (nSPS) is 18.0. The van der Waals surface area contributed by atoms with Crippen LogP contribution in [0.25, 0.3) is 6.08 Å². The molecule has 1 saturated heterocycles. The van der Waals surface area contributed by atoms with E-state index in [1.54, 1.807) is 6.08 Å². The highest BCUT2D eigenvalue weighted by molar-refractivity contribution is 7.92. The lowest BCUT2D eigenvalue weighted by Gasteiger charge is -2.33. The smallest absolute Gasteiger partial charge is 0.278 e. The minimum absolute atomic E-state index is 0.0575. The molecule has 0 radical (unpaired) electrons. The SMILES string of the molecule is C[C@@H](C(=O)NCc1ccc2c(c1)OCO2)[NH+]1CCN(S(=O)(=O)/C=C/c2ccccc2)CC1. The molecular formula is C23H28N3O5S+. The Balaban J connectivity index is 1.26. The number of piperazine rings is 1. The lowest BCUT2D eigenvalue weighted by molar-refractivity contribution is -0.917. The van der Waals surface area contributed by atoms with Crippen molar-refractivity contribution in [3.63, 3.8) is 0 Å². The molecule has 0 aliphatic carbocycles. The van der Waals surface area contributed by atoms with Crippen LogP contribution in [0.5, 0.6) is 11.5 Å². The van der Waals surface area contributed by atoms with Crippen LogP contribution in [0.2, 0.25) is 0 Å². The molecule has 2 aromatic rings. The Hall–Kier alpha value is -2.88. The molecule has 1 fully saturated rings. The monoisotopic (exact) mass is 458 g/mol. The van der Waals surface area contributed by atoms with Crippen molar-refractivity contribution in [1.82, 2.24) is 9.62 Å². The molecule has 2 heterocycles. The number of rotatable bonds is 7. The summed E-state index contributed by atoms with van der Waals surface area (Å²) in [6.45, 7) is 4.43. The van der Waals surface area contributed by atoms with E-state index in [4.69, 9.17) is 9.47 Å². The van der Waals surface area contributed by atoms with Gasteiger partial charge in [-0.15, -0.1) is 0 Å². The number of nitrogens with one attached hydrogen (secondary N) is 2. The Bertz CT molecular complexity index is 1080. The Morgan fingerprint density at radius 1 is 1.12 bits per heavy atom. The fraction of sp³-hybridized carbons (Fsp3) is 0.348. The summed E-state index contributed by atoms with van der Waals surface area (Å²) >= 11 is 0. The van der Waals surface area contributed by atoms with Gasteiger partial charge in [0.2, 0.25) is 16.8 Å². The van der Waals surface area contributed by atoms with E-state index in [0.29, 0.717) is 44.2 Å². The van der Waals surface area contributed by atoms with Crippen LogP contribution in [0.3, 0.4) is 0 Å². The summed E-state index contributed by atoms with van der Waals surface area (Å²) in [6.07, 6.45) is 1.61. The van der Waals surface area contributed by atoms with E-state index < -0.39 is 10.0 Å². The molecule has 2 aliphatic heterocycles. The Morgan fingerprint density at radius 3 is 2.59 bits per heavy atom. The van der Waals surface area contributed by atoms with Crippen molar-refractivity contribution in [3.05, 3.63) is 65.1 Å². The number of hydrogen-bond donors (Lipinski definition) is 2. The minimum Gasteiger partial charge on any atom is -0.454 e. The van der Waals surface area contributed by atoms with Crippen molar-refractivity contribution in [3.8, 4) is 11.5 Å². The number of quaternary nitrogens is 1. The van der Waals surface area contributed by atoms with E-state index in [-0.39, 0.29) is 18.7 Å². The van der Waals surface area contributed by atoms with Gasteiger partial charge in [0.1, 0.15) is 0 Å². The fourth-order valence-electron chi connectivity index (χ4n) is 3.85. The molecule has 9 heteroatoms. The summed E-state index contributed by atoms with van der Waals surface area (Å²) in [4.78, 5) is 13.7. The number of carbonyl (C=O) groups is 1. The largest absolute Gasteiger partial charge is 0.454 e. The first-order valence-corrected chi connectivity index (χ1v) is 12.2. The summed E-state index contributed by atoms with van der Waals surface area (Å²) in [6, 6.07) is 14.7. The summed E-state index contributed by atoms with van der Waals surface area (Å²) in [5, 5.41) is 4.23. The van der Waals surface area contributed by atoms with Crippen LogP contribution in [0.4, 0.5) is 0 Å². The van der Waals surface area contributed by atoms with Gasteiger partial charge in [-0.25, -0.2) is 8.42 Å². The van der Waals surface area contributed by atoms with Crippen molar-refractivity contribution in [1.29, 1.82) is 0 Å². The van der Waals surface area contributed by atoms with Gasteiger partial charge < -0.3 is 19.7 Å². The molecule has 8 nitrogen and oxygen atoms in total. The van der Waals surface area contributed by atoms with Gasteiger partial charge in [0.15, 0.2) is 17.5 Å². The van der Waals surface area contributed by atoms with Gasteiger partial charge in [-0.3, -0.25) is 4.79 Å². The lowest BCUT2D eigenvalue weighted by Crippen LogP contribution is -3.19. The number of hydrogen-bond acceptors (Lipinski definition) is 5. The molecule has 1 atom stereocenters. The third kappa shape index (κ3) is 5.29. The molecule has 2 aromatic carbocycles. The van der Waals surface area contributed by atoms with Gasteiger partial charge in [0, 0.05) is 12.0 Å². The van der Waals surface area contributed by atoms with Gasteiger partial charge in [-0.05, 0) is 36.3 Å². The predicted molar refractivity (Wildman–Crippen MR) is 121 cm³/mol. The molecule has 1 amide bonds. The maximum absolute atomic E-state index is 12.7. The third-order valence-electron chi connectivity index (χ3n) is 5.87. The van der Waals surface area contributed by atoms with Crippen LogP contribution >= 0.6 is 0 Å². The molecule has 0 bridgehead atoms. The number of ether oxygens (including phenoxy) is 2. The topological polar surface area (TPSA) is 89.4 Å². The van der Waals surface area contributed by atoms with Crippen molar-refractivity contribution >= 4 is 22.0 Å². The van der Waals surface area contributed by atoms with Crippen molar-refractivity contribution in [2.75, 3.05) is 33.0 Å². The summed E-state index contributed by atoms with van der Waals surface area (Å²) in [5.74, 6) is 1.34. The Labute approximate surface area is 188 Å². The minimum atomic E-state index is -3.49. The van der Waals surface area contributed by atoms with Crippen molar-refractivity contribution in [2.45, 2.75) is 19.5 Å². The van der Waals surface area contributed by atoms with Gasteiger partial charge in [0.25, 0.3) is 5.91 Å². The first kappa shape index (κ1) is 22.3. The first-order valence-electron chi connectivity index (χ1n) is 10.7. The second-order valence-corrected chi connectivity index (χ2v) is 9.76. The number of benzene rings is 2. The highest BCUT2D eigenvalue weighted by Crippen LogP contribution is 2.32. The highest BCUT2D eigenvalue weighted by atomic mass is 32.2. The standard InChI is InChI=1S/C23H27N3O5S/c1-18(23(27)24-16-20-7-8-21-22(15-20)31-17-30-21)25-10-12-26(13-11-25)32(28,29)14-9-19-5-3-2-4-6-19/h2-9,14-15,18H,10-13,16-17H2,1H3,(H,24,27)/p+1/b14-9+/t18-/m0/s1. The predicted octanol–water partition coefficient (Wildman–Crippen LogP) is 0.621. The second kappa shape index (κ2) is 9.72. The zero-order valence-electron chi connectivity index (χ0n) is 18.0. The molecule has 32 heavy (non-hydrogen) atoms. The van der Waals surface area contributed by atoms with Gasteiger partial charge in [-0.2, -0.15) is 4.31 Å². The van der Waals surface area contributed by atoms with Crippen molar-refractivity contribution in [2.24, 2.45) is 0 Å². The zero-order chi connectivity index (χ0) is 22.6. The van der Waals surface area contributed by atoms with E-state index in [1.807, 2.05) is 55.5 Å². The molecule has 2 aliphatic rings. The zero-order valence-corrected chi connectivity index (χ0v) is 18.8. The molecule has 4 rings (SSSR count). The average molecular weight is 459 g/mol. The van der Waals surface area contributed by atoms with Crippen LogP contribution in [0.1, 0.15) is 18.1 Å². The van der Waals surface area contributed by atoms with E-state index >= 15 is 0 Å². The number of carbonyl (C=O) groups excluding carboxylic acids is 1. The van der Waals surface area contributed by atoms with Crippen LogP contribution < -0.4 is 19.7 Å². The van der Waals surface area contributed by atoms with Crippen molar-refractivity contribution < 1.29 is 27.6 Å². The summed E-state index contributed by atoms with van der Waals surface area (Å²) in [7, 11) is -3.49. The molecule has 170 valence electrons. The molecule has 0 saturated carbocycles. The van der Waals surface area contributed by atoms with E-state index in [2.05, 4.69) is 5.32 Å². The van der Waals surface area contributed by atoms with Crippen LogP contribution in [0.15, 0.2) is 53.9 Å². The molecule has 0 spiro atoms. The van der Waals surface area contributed by atoms with Gasteiger partial charge in [-0.1, -0.05) is 36.4 Å². The van der Waals surface area contributed by atoms with Crippen LogP contribution in [0, 0.1) is 0 Å². The number of nitrogens with zero attached hydrogens (tertiary/aromatic N) is 1. The third-order valence-corrected chi connectivity index (χ3v) is 7.43. The number of amides is 1. The van der Waals surface area contributed by atoms with Crippen LogP contribution in [-0.2, 0) is 21.4 Å². The van der Waals surface area contributed by atoms with E-state index in [1.165, 1.54) is 9.71 Å². The van der Waals surface area contributed by atoms with Gasteiger partial charge in [0.05, 0.1) is 26.2 Å². The van der Waals surface area contributed by atoms with E-state index in [0.717, 1.165) is 16.0 Å². The fourth-order valence-corrected chi connectivity index (χ4v) is 5.05. The lowest BCUT2D eigenvalue weighted by atomic mass is 10.2. The Kier molecular flexibility index (Phi) is 6.78. The maximum atomic E-state index is 12.7. The number of sulfonamides is 1. The quantitative estimate of drug-likeness (QED) is 0.635. The van der Waals surface area contributed by atoms with Crippen LogP contribution in [-0.4, -0.2) is 57.6 Å². The molecular weight excluding hydrogens is 430 g/mol. The Morgan fingerprint density at radius 2 is 1.84 bits per heavy atom. The maximum Gasteiger partial charge on any atom is 0.278 e. The summed E-state index contributed by atoms with van der Waals surface area (Å²) < 4.78 is 37.4. The first-order chi connectivity index (χ1) is 15.4. The van der Waals surface area contributed by atoms with Gasteiger partial charge >= 0.3 is 0 Å². The highest BCUT2D eigenvalue weighted by Gasteiger charge is 2.32.